The lowest BCUT2D eigenvalue weighted by atomic mass is 10.2. The van der Waals surface area contributed by atoms with E-state index >= 15 is 0 Å². The van der Waals surface area contributed by atoms with E-state index in [2.05, 4.69) is 6.92 Å². The molecule has 0 radical (unpaired) electrons. The van der Waals surface area contributed by atoms with Gasteiger partial charge >= 0.3 is 0 Å². The summed E-state index contributed by atoms with van der Waals surface area (Å²) >= 11 is 0. The SMILES string of the molecule is CCCCC/C=C/C(O)CN. The van der Waals surface area contributed by atoms with Crippen LogP contribution in [-0.2, 0) is 0 Å². The first-order valence-corrected chi connectivity index (χ1v) is 4.36. The molecule has 0 bridgehead atoms. The minimum absolute atomic E-state index is 0.324. The van der Waals surface area contributed by atoms with Gasteiger partial charge in [0.05, 0.1) is 6.10 Å². The highest BCUT2D eigenvalue weighted by Gasteiger charge is 1.90. The van der Waals surface area contributed by atoms with Crippen LogP contribution in [0, 0.1) is 0 Å². The third kappa shape index (κ3) is 7.56. The van der Waals surface area contributed by atoms with Crippen molar-refractivity contribution in [1.82, 2.24) is 0 Å². The summed E-state index contributed by atoms with van der Waals surface area (Å²) in [5.74, 6) is 0. The van der Waals surface area contributed by atoms with E-state index in [1.54, 1.807) is 6.08 Å². The normalized spacial score (nSPS) is 14.1. The Morgan fingerprint density at radius 1 is 1.45 bits per heavy atom. The lowest BCUT2D eigenvalue weighted by Gasteiger charge is -1.98. The summed E-state index contributed by atoms with van der Waals surface area (Å²) in [6, 6.07) is 0. The molecule has 0 saturated heterocycles. The van der Waals surface area contributed by atoms with E-state index in [0.29, 0.717) is 6.54 Å². The first-order chi connectivity index (χ1) is 5.31. The van der Waals surface area contributed by atoms with Gasteiger partial charge in [0.2, 0.25) is 0 Å². The number of hydrogen-bond acceptors (Lipinski definition) is 2. The maximum atomic E-state index is 9.00. The van der Waals surface area contributed by atoms with Crippen molar-refractivity contribution in [3.63, 3.8) is 0 Å². The zero-order chi connectivity index (χ0) is 8.53. The third-order valence-electron chi connectivity index (χ3n) is 1.57. The third-order valence-corrected chi connectivity index (χ3v) is 1.57. The zero-order valence-corrected chi connectivity index (χ0v) is 7.29. The fourth-order valence-corrected chi connectivity index (χ4v) is 0.844. The Morgan fingerprint density at radius 2 is 2.18 bits per heavy atom. The average molecular weight is 157 g/mol. The second kappa shape index (κ2) is 7.76. The fraction of sp³-hybridized carbons (Fsp3) is 0.778. The molecule has 11 heavy (non-hydrogen) atoms. The Labute approximate surface area is 69.1 Å². The smallest absolute Gasteiger partial charge is 0.0843 e. The first-order valence-electron chi connectivity index (χ1n) is 4.36. The monoisotopic (exact) mass is 157 g/mol. The lowest BCUT2D eigenvalue weighted by Crippen LogP contribution is -2.16. The second-order valence-electron chi connectivity index (χ2n) is 2.73. The largest absolute Gasteiger partial charge is 0.388 e. The molecule has 2 nitrogen and oxygen atoms in total. The molecule has 0 spiro atoms. The maximum Gasteiger partial charge on any atom is 0.0843 e. The number of aliphatic hydroxyl groups is 1. The molecule has 1 unspecified atom stereocenters. The quantitative estimate of drug-likeness (QED) is 0.452. The van der Waals surface area contributed by atoms with E-state index in [9.17, 15) is 0 Å². The molecule has 0 amide bonds. The fourth-order valence-electron chi connectivity index (χ4n) is 0.844. The highest BCUT2D eigenvalue weighted by molar-refractivity contribution is 4.88. The van der Waals surface area contributed by atoms with Crippen molar-refractivity contribution < 1.29 is 5.11 Å². The van der Waals surface area contributed by atoms with Gasteiger partial charge < -0.3 is 10.8 Å². The van der Waals surface area contributed by atoms with Crippen LogP contribution < -0.4 is 5.73 Å². The molecule has 1 atom stereocenters. The van der Waals surface area contributed by atoms with Gasteiger partial charge in [0.1, 0.15) is 0 Å². The number of rotatable bonds is 6. The molecule has 0 aliphatic heterocycles. The average Bonchev–Trinajstić information content (AvgIpc) is 2.04. The van der Waals surface area contributed by atoms with Crippen LogP contribution in [0.3, 0.4) is 0 Å². The summed E-state index contributed by atoms with van der Waals surface area (Å²) in [5.41, 5.74) is 5.21. The molecule has 0 aromatic rings. The molecule has 0 heterocycles. The van der Waals surface area contributed by atoms with E-state index in [1.807, 2.05) is 6.08 Å². The molecule has 0 saturated carbocycles. The summed E-state index contributed by atoms with van der Waals surface area (Å²) in [6.45, 7) is 2.50. The second-order valence-corrected chi connectivity index (χ2v) is 2.73. The van der Waals surface area contributed by atoms with Crippen LogP contribution in [0.15, 0.2) is 12.2 Å². The Hall–Kier alpha value is -0.340. The number of hydrogen-bond donors (Lipinski definition) is 2. The van der Waals surface area contributed by atoms with E-state index < -0.39 is 6.10 Å². The Morgan fingerprint density at radius 3 is 2.73 bits per heavy atom. The predicted octanol–water partition coefficient (Wildman–Crippen LogP) is 1.44. The number of aliphatic hydroxyl groups excluding tert-OH is 1. The van der Waals surface area contributed by atoms with Gasteiger partial charge in [0.15, 0.2) is 0 Å². The molecular weight excluding hydrogens is 138 g/mol. The molecule has 2 heteroatoms. The van der Waals surface area contributed by atoms with Crippen LogP contribution in [0.5, 0.6) is 0 Å². The molecule has 0 aromatic carbocycles. The molecular formula is C9H19NO. The molecule has 0 aromatic heterocycles. The van der Waals surface area contributed by atoms with Crippen molar-refractivity contribution in [3.05, 3.63) is 12.2 Å². The molecule has 0 aliphatic rings. The topological polar surface area (TPSA) is 46.2 Å². The maximum absolute atomic E-state index is 9.00. The molecule has 0 rings (SSSR count). The van der Waals surface area contributed by atoms with Gasteiger partial charge in [-0.25, -0.2) is 0 Å². The van der Waals surface area contributed by atoms with E-state index in [-0.39, 0.29) is 0 Å². The zero-order valence-electron chi connectivity index (χ0n) is 7.29. The van der Waals surface area contributed by atoms with Crippen LogP contribution in [-0.4, -0.2) is 17.8 Å². The number of nitrogens with two attached hydrogens (primary N) is 1. The summed E-state index contributed by atoms with van der Waals surface area (Å²) in [6.07, 6.45) is 8.12. The molecule has 0 aliphatic carbocycles. The summed E-state index contributed by atoms with van der Waals surface area (Å²) in [5, 5.41) is 9.00. The van der Waals surface area contributed by atoms with Crippen molar-refractivity contribution >= 4 is 0 Å². The van der Waals surface area contributed by atoms with Crippen molar-refractivity contribution in [2.45, 2.75) is 38.7 Å². The summed E-state index contributed by atoms with van der Waals surface area (Å²) in [7, 11) is 0. The van der Waals surface area contributed by atoms with Crippen LogP contribution in [0.25, 0.3) is 0 Å². The Kier molecular flexibility index (Phi) is 7.52. The van der Waals surface area contributed by atoms with E-state index in [1.165, 1.54) is 19.3 Å². The Balaban J connectivity index is 3.15. The van der Waals surface area contributed by atoms with Crippen molar-refractivity contribution in [2.24, 2.45) is 5.73 Å². The number of allylic oxidation sites excluding steroid dienone is 1. The summed E-state index contributed by atoms with van der Waals surface area (Å²) in [4.78, 5) is 0. The molecule has 3 N–H and O–H groups in total. The van der Waals surface area contributed by atoms with Gasteiger partial charge in [0, 0.05) is 6.54 Å². The van der Waals surface area contributed by atoms with Gasteiger partial charge in [-0.15, -0.1) is 0 Å². The standard InChI is InChI=1S/C9H19NO/c1-2-3-4-5-6-7-9(11)8-10/h6-7,9,11H,2-5,8,10H2,1H3/b7-6+. The highest BCUT2D eigenvalue weighted by atomic mass is 16.3. The van der Waals surface area contributed by atoms with Crippen LogP contribution in [0.1, 0.15) is 32.6 Å². The van der Waals surface area contributed by atoms with Gasteiger partial charge in [-0.05, 0) is 12.8 Å². The minimum atomic E-state index is -0.448. The Bertz CT molecular complexity index is 102. The van der Waals surface area contributed by atoms with E-state index in [0.717, 1.165) is 6.42 Å². The number of unbranched alkanes of at least 4 members (excludes halogenated alkanes) is 3. The van der Waals surface area contributed by atoms with Crippen molar-refractivity contribution in [3.8, 4) is 0 Å². The lowest BCUT2D eigenvalue weighted by molar-refractivity contribution is 0.231. The predicted molar refractivity (Wildman–Crippen MR) is 48.3 cm³/mol. The summed E-state index contributed by atoms with van der Waals surface area (Å²) < 4.78 is 0. The van der Waals surface area contributed by atoms with Gasteiger partial charge in [-0.3, -0.25) is 0 Å². The van der Waals surface area contributed by atoms with Crippen LogP contribution in [0.2, 0.25) is 0 Å². The first kappa shape index (κ1) is 10.7. The van der Waals surface area contributed by atoms with Crippen molar-refractivity contribution in [1.29, 1.82) is 0 Å². The van der Waals surface area contributed by atoms with Crippen LogP contribution >= 0.6 is 0 Å². The molecule has 0 fully saturated rings. The van der Waals surface area contributed by atoms with Gasteiger partial charge in [-0.1, -0.05) is 31.9 Å². The minimum Gasteiger partial charge on any atom is -0.388 e. The van der Waals surface area contributed by atoms with E-state index in [4.69, 9.17) is 10.8 Å². The molecule has 66 valence electrons. The van der Waals surface area contributed by atoms with Gasteiger partial charge in [-0.2, -0.15) is 0 Å². The van der Waals surface area contributed by atoms with Crippen molar-refractivity contribution in [2.75, 3.05) is 6.54 Å². The van der Waals surface area contributed by atoms with Gasteiger partial charge in [0.25, 0.3) is 0 Å². The van der Waals surface area contributed by atoms with Crippen LogP contribution in [0.4, 0.5) is 0 Å². The highest BCUT2D eigenvalue weighted by Crippen LogP contribution is 1.99.